The van der Waals surface area contributed by atoms with E-state index >= 15 is 0 Å². The van der Waals surface area contributed by atoms with Gasteiger partial charge in [0.05, 0.1) is 21.6 Å². The van der Waals surface area contributed by atoms with Crippen LogP contribution in [0, 0.1) is 5.82 Å². The molecule has 0 radical (unpaired) electrons. The van der Waals surface area contributed by atoms with Crippen LogP contribution in [0.15, 0.2) is 12.1 Å². The van der Waals surface area contributed by atoms with E-state index < -0.39 is 0 Å². The van der Waals surface area contributed by atoms with E-state index in [4.69, 9.17) is 17.4 Å². The van der Waals surface area contributed by atoms with Crippen LogP contribution < -0.4 is 11.3 Å². The molecule has 1 aromatic carbocycles. The lowest BCUT2D eigenvalue weighted by molar-refractivity contribution is 0.639. The Morgan fingerprint density at radius 2 is 2.00 bits per heavy atom. The maximum atomic E-state index is 14.1. The van der Waals surface area contributed by atoms with Crippen molar-refractivity contribution in [3.63, 3.8) is 0 Å². The first-order valence-corrected chi connectivity index (χ1v) is 6.86. The number of fused-ring (bicyclic) bond motifs is 2. The number of nitrogen functional groups attached to an aromatic ring is 1. The highest BCUT2D eigenvalue weighted by Crippen LogP contribution is 2.36. The molecule has 1 heterocycles. The fraction of sp³-hybridized carbons (Fsp3) is 0.357. The Bertz CT molecular complexity index is 642. The number of nitrogens with one attached hydrogen (secondary N) is 1. The largest absolute Gasteiger partial charge is 0.323 e. The number of aryl methyl sites for hydroxylation is 1. The summed E-state index contributed by atoms with van der Waals surface area (Å²) >= 11 is 6.14. The van der Waals surface area contributed by atoms with Crippen LogP contribution in [0.2, 0.25) is 5.02 Å². The molecule has 0 bridgehead atoms. The summed E-state index contributed by atoms with van der Waals surface area (Å²) in [5.74, 6) is 5.28. The van der Waals surface area contributed by atoms with E-state index in [0.29, 0.717) is 21.6 Å². The number of rotatable bonds is 1. The fourth-order valence-electron chi connectivity index (χ4n) is 2.79. The van der Waals surface area contributed by atoms with Crippen LogP contribution in [0.5, 0.6) is 0 Å². The smallest absolute Gasteiger partial charge is 0.134 e. The Hall–Kier alpha value is -1.39. The summed E-state index contributed by atoms with van der Waals surface area (Å²) in [5.41, 5.74) is 5.82. The van der Waals surface area contributed by atoms with Crippen molar-refractivity contribution in [1.29, 1.82) is 0 Å². The first-order valence-electron chi connectivity index (χ1n) is 6.48. The molecular formula is C14H15ClFN3. The van der Waals surface area contributed by atoms with Gasteiger partial charge in [-0.1, -0.05) is 18.0 Å². The van der Waals surface area contributed by atoms with E-state index in [2.05, 4.69) is 10.4 Å². The summed E-state index contributed by atoms with van der Waals surface area (Å²) in [4.78, 5) is 4.58. The van der Waals surface area contributed by atoms with Crippen LogP contribution in [-0.4, -0.2) is 4.98 Å². The van der Waals surface area contributed by atoms with Gasteiger partial charge in [-0.15, -0.1) is 0 Å². The third-order valence-corrected chi connectivity index (χ3v) is 4.01. The predicted molar refractivity (Wildman–Crippen MR) is 75.8 cm³/mol. The summed E-state index contributed by atoms with van der Waals surface area (Å²) in [6.07, 6.45) is 5.11. The molecule has 2 aromatic rings. The third-order valence-electron chi connectivity index (χ3n) is 3.71. The number of benzene rings is 1. The van der Waals surface area contributed by atoms with Gasteiger partial charge >= 0.3 is 0 Å². The highest BCUT2D eigenvalue weighted by molar-refractivity contribution is 6.35. The van der Waals surface area contributed by atoms with E-state index in [1.165, 1.54) is 12.1 Å². The zero-order valence-electron chi connectivity index (χ0n) is 10.5. The second-order valence-electron chi connectivity index (χ2n) is 4.87. The highest BCUT2D eigenvalue weighted by Gasteiger charge is 2.20. The molecule has 1 aliphatic rings. The van der Waals surface area contributed by atoms with E-state index in [0.717, 1.165) is 43.4 Å². The molecule has 5 heteroatoms. The molecule has 3 rings (SSSR count). The van der Waals surface area contributed by atoms with Gasteiger partial charge < -0.3 is 5.43 Å². The molecule has 0 spiro atoms. The van der Waals surface area contributed by atoms with Gasteiger partial charge in [-0.3, -0.25) is 10.8 Å². The molecule has 100 valence electrons. The monoisotopic (exact) mass is 279 g/mol. The first kappa shape index (κ1) is 12.6. The molecule has 1 aromatic heterocycles. The molecule has 0 saturated carbocycles. The van der Waals surface area contributed by atoms with E-state index in [1.807, 2.05) is 0 Å². The van der Waals surface area contributed by atoms with Gasteiger partial charge in [-0.25, -0.2) is 4.39 Å². The van der Waals surface area contributed by atoms with Gasteiger partial charge in [0, 0.05) is 5.69 Å². The molecule has 19 heavy (non-hydrogen) atoms. The number of anilines is 1. The molecule has 0 unspecified atom stereocenters. The summed E-state index contributed by atoms with van der Waals surface area (Å²) in [7, 11) is 0. The minimum atomic E-state index is -0.341. The maximum Gasteiger partial charge on any atom is 0.134 e. The normalized spacial score (nSPS) is 15.1. The number of nitrogens with zero attached hydrogens (tertiary/aromatic N) is 1. The van der Waals surface area contributed by atoms with Gasteiger partial charge in [0.25, 0.3) is 0 Å². The van der Waals surface area contributed by atoms with Crippen molar-refractivity contribution >= 4 is 28.2 Å². The van der Waals surface area contributed by atoms with Crippen molar-refractivity contribution in [1.82, 2.24) is 4.98 Å². The van der Waals surface area contributed by atoms with Crippen molar-refractivity contribution in [2.45, 2.75) is 32.1 Å². The summed E-state index contributed by atoms with van der Waals surface area (Å²) in [6, 6.07) is 2.89. The second kappa shape index (κ2) is 4.94. The van der Waals surface area contributed by atoms with Gasteiger partial charge in [0.15, 0.2) is 0 Å². The molecule has 1 aliphatic carbocycles. The average molecular weight is 280 g/mol. The Labute approximate surface area is 115 Å². The zero-order chi connectivity index (χ0) is 13.4. The maximum absolute atomic E-state index is 14.1. The molecule has 0 aliphatic heterocycles. The van der Waals surface area contributed by atoms with Crippen molar-refractivity contribution in [3.8, 4) is 0 Å². The number of nitrogens with two attached hydrogens (primary N) is 1. The van der Waals surface area contributed by atoms with E-state index in [-0.39, 0.29) is 5.82 Å². The van der Waals surface area contributed by atoms with Crippen molar-refractivity contribution < 1.29 is 4.39 Å². The van der Waals surface area contributed by atoms with Gasteiger partial charge in [0.2, 0.25) is 0 Å². The Morgan fingerprint density at radius 1 is 1.21 bits per heavy atom. The lowest BCUT2D eigenvalue weighted by atomic mass is 10.0. The van der Waals surface area contributed by atoms with Crippen LogP contribution in [0.3, 0.4) is 0 Å². The average Bonchev–Trinajstić information content (AvgIpc) is 2.66. The highest BCUT2D eigenvalue weighted by atomic mass is 35.5. The quantitative estimate of drug-likeness (QED) is 0.476. The predicted octanol–water partition coefficient (Wildman–Crippen LogP) is 3.58. The minimum Gasteiger partial charge on any atom is -0.323 e. The van der Waals surface area contributed by atoms with E-state index in [1.54, 1.807) is 0 Å². The molecule has 0 fully saturated rings. The minimum absolute atomic E-state index is 0.341. The Kier molecular flexibility index (Phi) is 3.29. The van der Waals surface area contributed by atoms with Gasteiger partial charge in [-0.05, 0) is 43.4 Å². The van der Waals surface area contributed by atoms with Crippen LogP contribution in [0.1, 0.15) is 30.5 Å². The number of hydrogen-bond acceptors (Lipinski definition) is 3. The first-order chi connectivity index (χ1) is 9.22. The number of halogens is 2. The van der Waals surface area contributed by atoms with Gasteiger partial charge in [0.1, 0.15) is 5.82 Å². The zero-order valence-corrected chi connectivity index (χ0v) is 11.2. The fourth-order valence-corrected chi connectivity index (χ4v) is 2.99. The number of aromatic nitrogens is 1. The molecule has 0 amide bonds. The molecule has 0 atom stereocenters. The van der Waals surface area contributed by atoms with Crippen LogP contribution in [0.25, 0.3) is 10.9 Å². The summed E-state index contributed by atoms with van der Waals surface area (Å²) < 4.78 is 14.1. The number of hydrazine groups is 1. The van der Waals surface area contributed by atoms with Crippen molar-refractivity contribution in [2.75, 3.05) is 5.43 Å². The molecule has 3 nitrogen and oxygen atoms in total. The molecular weight excluding hydrogens is 265 g/mol. The van der Waals surface area contributed by atoms with Crippen LogP contribution in [-0.2, 0) is 12.8 Å². The lowest BCUT2D eigenvalue weighted by Gasteiger charge is -2.15. The van der Waals surface area contributed by atoms with E-state index in [9.17, 15) is 4.39 Å². The second-order valence-corrected chi connectivity index (χ2v) is 5.28. The van der Waals surface area contributed by atoms with Crippen molar-refractivity contribution in [3.05, 3.63) is 34.2 Å². The molecule has 0 saturated heterocycles. The standard InChI is InChI=1S/C14H15ClFN3/c15-9-6-7-10(16)12-13(19-17)8-4-2-1-3-5-11(8)18-14(9)12/h6-7H,1-5,17H2,(H,18,19). The summed E-state index contributed by atoms with van der Waals surface area (Å²) in [5, 5.41) is 0.857. The summed E-state index contributed by atoms with van der Waals surface area (Å²) in [6.45, 7) is 0. The lowest BCUT2D eigenvalue weighted by Crippen LogP contribution is -2.13. The van der Waals surface area contributed by atoms with Crippen LogP contribution in [0.4, 0.5) is 10.1 Å². The molecule has 3 N–H and O–H groups in total. The number of pyridine rings is 1. The van der Waals surface area contributed by atoms with Gasteiger partial charge in [-0.2, -0.15) is 0 Å². The third kappa shape index (κ3) is 2.05. The SMILES string of the molecule is NNc1c2c(nc3c(Cl)ccc(F)c13)CCCCC2. The van der Waals surface area contributed by atoms with Crippen LogP contribution >= 0.6 is 11.6 Å². The topological polar surface area (TPSA) is 50.9 Å². The number of hydrogen-bond donors (Lipinski definition) is 2. The Balaban J connectivity index is 2.39. The Morgan fingerprint density at radius 3 is 2.79 bits per heavy atom. The van der Waals surface area contributed by atoms with Crippen molar-refractivity contribution in [2.24, 2.45) is 5.84 Å².